The van der Waals surface area contributed by atoms with Crippen molar-refractivity contribution < 1.29 is 14.3 Å². The smallest absolute Gasteiger partial charge is 0.289 e. The first-order chi connectivity index (χ1) is 10.2. The summed E-state index contributed by atoms with van der Waals surface area (Å²) in [5.41, 5.74) is 1.75. The average Bonchev–Trinajstić information content (AvgIpc) is 3.13. The second-order valence-electron chi connectivity index (χ2n) is 5.45. The monoisotopic (exact) mass is 286 g/mol. The summed E-state index contributed by atoms with van der Waals surface area (Å²) < 4.78 is 5.28. The summed E-state index contributed by atoms with van der Waals surface area (Å²) in [5.74, 6) is 0.345. The first kappa shape index (κ1) is 13.8. The molecule has 1 fully saturated rings. The van der Waals surface area contributed by atoms with Gasteiger partial charge in [0.2, 0.25) is 0 Å². The first-order valence-electron chi connectivity index (χ1n) is 7.06. The molecule has 1 saturated heterocycles. The van der Waals surface area contributed by atoms with Crippen LogP contribution in [0.15, 0.2) is 41.1 Å². The van der Waals surface area contributed by atoms with Crippen molar-refractivity contribution in [1.29, 1.82) is 0 Å². The Morgan fingerprint density at radius 2 is 2.29 bits per heavy atom. The number of aliphatic hydroxyl groups is 1. The highest BCUT2D eigenvalue weighted by Crippen LogP contribution is 2.32. The van der Waals surface area contributed by atoms with Crippen molar-refractivity contribution in [3.8, 4) is 0 Å². The van der Waals surface area contributed by atoms with Crippen molar-refractivity contribution in [3.05, 3.63) is 53.7 Å². The van der Waals surface area contributed by atoms with E-state index in [0.29, 0.717) is 18.8 Å². The third-order valence-corrected chi connectivity index (χ3v) is 4.09. The highest BCUT2D eigenvalue weighted by Gasteiger charge is 2.37. The van der Waals surface area contributed by atoms with E-state index >= 15 is 0 Å². The molecule has 1 N–H and O–H groups in total. The van der Waals surface area contributed by atoms with Crippen molar-refractivity contribution in [2.24, 2.45) is 5.92 Å². The second kappa shape index (κ2) is 5.69. The highest BCUT2D eigenvalue weighted by atomic mass is 16.3. The first-order valence-corrected chi connectivity index (χ1v) is 7.06. The van der Waals surface area contributed by atoms with Gasteiger partial charge in [0, 0.05) is 49.0 Å². The molecule has 3 rings (SSSR count). The summed E-state index contributed by atoms with van der Waals surface area (Å²) in [4.78, 5) is 18.6. The molecule has 2 aromatic heterocycles. The number of hydrogen-bond donors (Lipinski definition) is 1. The molecule has 0 saturated carbocycles. The van der Waals surface area contributed by atoms with Crippen molar-refractivity contribution in [1.82, 2.24) is 9.88 Å². The summed E-state index contributed by atoms with van der Waals surface area (Å²) in [5, 5.41) is 9.59. The Hall–Kier alpha value is -2.14. The molecule has 5 heteroatoms. The van der Waals surface area contributed by atoms with E-state index in [4.69, 9.17) is 4.42 Å². The van der Waals surface area contributed by atoms with E-state index in [1.807, 2.05) is 25.1 Å². The molecule has 0 radical (unpaired) electrons. The van der Waals surface area contributed by atoms with Crippen LogP contribution >= 0.6 is 0 Å². The summed E-state index contributed by atoms with van der Waals surface area (Å²) in [7, 11) is 0. The summed E-state index contributed by atoms with van der Waals surface area (Å²) in [6.45, 7) is 2.98. The molecule has 0 spiro atoms. The molecule has 1 amide bonds. The average molecular weight is 286 g/mol. The molecule has 2 atom stereocenters. The molecule has 3 heterocycles. The van der Waals surface area contributed by atoms with Gasteiger partial charge < -0.3 is 14.4 Å². The van der Waals surface area contributed by atoms with Crippen molar-refractivity contribution >= 4 is 5.91 Å². The number of carbonyl (C=O) groups is 1. The number of nitrogens with zero attached hydrogens (tertiary/aromatic N) is 2. The minimum absolute atomic E-state index is 0.0131. The molecule has 110 valence electrons. The molecule has 0 aliphatic carbocycles. The molecule has 0 aromatic carbocycles. The number of amides is 1. The number of rotatable bonds is 3. The van der Waals surface area contributed by atoms with E-state index in [-0.39, 0.29) is 24.3 Å². The maximum atomic E-state index is 12.5. The maximum Gasteiger partial charge on any atom is 0.289 e. The third kappa shape index (κ3) is 2.56. The van der Waals surface area contributed by atoms with Gasteiger partial charge in [-0.1, -0.05) is 6.07 Å². The lowest BCUT2D eigenvalue weighted by atomic mass is 9.93. The Morgan fingerprint density at radius 1 is 1.43 bits per heavy atom. The minimum atomic E-state index is -0.116. The lowest BCUT2D eigenvalue weighted by Gasteiger charge is -2.15. The lowest BCUT2D eigenvalue weighted by Crippen LogP contribution is -2.29. The Labute approximate surface area is 123 Å². The molecule has 21 heavy (non-hydrogen) atoms. The van der Waals surface area contributed by atoms with Gasteiger partial charge in [-0.05, 0) is 25.1 Å². The molecule has 5 nitrogen and oxygen atoms in total. The predicted molar refractivity (Wildman–Crippen MR) is 76.9 cm³/mol. The fraction of sp³-hybridized carbons (Fsp3) is 0.375. The highest BCUT2D eigenvalue weighted by molar-refractivity contribution is 5.93. The number of likely N-dealkylation sites (tertiary alicyclic amines) is 1. The van der Waals surface area contributed by atoms with E-state index in [0.717, 1.165) is 11.3 Å². The van der Waals surface area contributed by atoms with Crippen molar-refractivity contribution in [2.45, 2.75) is 12.8 Å². The Bertz CT molecular complexity index is 623. The van der Waals surface area contributed by atoms with Gasteiger partial charge in [-0.25, -0.2) is 0 Å². The van der Waals surface area contributed by atoms with Crippen LogP contribution in [0, 0.1) is 12.8 Å². The van der Waals surface area contributed by atoms with Crippen LogP contribution in [-0.4, -0.2) is 40.6 Å². The number of aliphatic hydroxyl groups excluding tert-OH is 1. The lowest BCUT2D eigenvalue weighted by molar-refractivity contribution is 0.0748. The Kier molecular flexibility index (Phi) is 3.75. The molecular formula is C16H18N2O3. The van der Waals surface area contributed by atoms with Crippen LogP contribution in [-0.2, 0) is 0 Å². The number of aromatic nitrogens is 1. The summed E-state index contributed by atoms with van der Waals surface area (Å²) in [6.07, 6.45) is 3.27. The van der Waals surface area contributed by atoms with Gasteiger partial charge in [-0.2, -0.15) is 0 Å². The topological polar surface area (TPSA) is 66.6 Å². The number of furan rings is 1. The zero-order valence-corrected chi connectivity index (χ0v) is 11.9. The van der Waals surface area contributed by atoms with Crippen LogP contribution in [0.25, 0.3) is 0 Å². The molecular weight excluding hydrogens is 268 g/mol. The van der Waals surface area contributed by atoms with Crippen LogP contribution in [0.2, 0.25) is 0 Å². The number of carbonyl (C=O) groups excluding carboxylic acids is 1. The van der Waals surface area contributed by atoms with Crippen molar-refractivity contribution in [3.63, 3.8) is 0 Å². The Morgan fingerprint density at radius 3 is 2.90 bits per heavy atom. The number of pyridine rings is 1. The van der Waals surface area contributed by atoms with Gasteiger partial charge in [-0.15, -0.1) is 0 Å². The summed E-state index contributed by atoms with van der Waals surface area (Å²) in [6, 6.07) is 7.52. The quantitative estimate of drug-likeness (QED) is 0.935. The van der Waals surface area contributed by atoms with Crippen LogP contribution in [0.5, 0.6) is 0 Å². The van der Waals surface area contributed by atoms with Gasteiger partial charge >= 0.3 is 0 Å². The zero-order chi connectivity index (χ0) is 14.8. The van der Waals surface area contributed by atoms with E-state index in [1.54, 1.807) is 17.2 Å². The van der Waals surface area contributed by atoms with Gasteiger partial charge in [0.1, 0.15) is 0 Å². The van der Waals surface area contributed by atoms with Crippen LogP contribution < -0.4 is 0 Å². The van der Waals surface area contributed by atoms with Crippen LogP contribution in [0.3, 0.4) is 0 Å². The SMILES string of the molecule is Cc1ccoc1C(=O)N1C[C@@H](CO)[C@H](c2ccccn2)C1. The second-order valence-corrected chi connectivity index (χ2v) is 5.45. The van der Waals surface area contributed by atoms with E-state index in [2.05, 4.69) is 4.98 Å². The fourth-order valence-electron chi connectivity index (χ4n) is 2.89. The molecule has 0 bridgehead atoms. The number of aryl methyl sites for hydroxylation is 1. The van der Waals surface area contributed by atoms with Gasteiger partial charge in [-0.3, -0.25) is 9.78 Å². The van der Waals surface area contributed by atoms with Gasteiger partial charge in [0.05, 0.1) is 6.26 Å². The minimum Gasteiger partial charge on any atom is -0.459 e. The standard InChI is InChI=1S/C16H18N2O3/c1-11-5-7-21-15(11)16(20)18-8-12(10-19)13(9-18)14-4-2-3-6-17-14/h2-7,12-13,19H,8-10H2,1H3/t12-,13+/m0/s1. The molecule has 2 aromatic rings. The molecule has 1 aliphatic rings. The van der Waals surface area contributed by atoms with Crippen LogP contribution in [0.1, 0.15) is 27.7 Å². The fourth-order valence-corrected chi connectivity index (χ4v) is 2.89. The maximum absolute atomic E-state index is 12.5. The van der Waals surface area contributed by atoms with Crippen LogP contribution in [0.4, 0.5) is 0 Å². The van der Waals surface area contributed by atoms with Gasteiger partial charge in [0.25, 0.3) is 5.91 Å². The third-order valence-electron chi connectivity index (χ3n) is 4.09. The van der Waals surface area contributed by atoms with E-state index < -0.39 is 0 Å². The van der Waals surface area contributed by atoms with Crippen molar-refractivity contribution in [2.75, 3.05) is 19.7 Å². The summed E-state index contributed by atoms with van der Waals surface area (Å²) >= 11 is 0. The predicted octanol–water partition coefficient (Wildman–Crippen LogP) is 1.83. The molecule has 0 unspecified atom stereocenters. The number of hydrogen-bond acceptors (Lipinski definition) is 4. The van der Waals surface area contributed by atoms with Gasteiger partial charge in [0.15, 0.2) is 5.76 Å². The van der Waals surface area contributed by atoms with E-state index in [1.165, 1.54) is 6.26 Å². The largest absolute Gasteiger partial charge is 0.459 e. The zero-order valence-electron chi connectivity index (χ0n) is 11.9. The molecule has 1 aliphatic heterocycles. The normalized spacial score (nSPS) is 21.7. The van der Waals surface area contributed by atoms with E-state index in [9.17, 15) is 9.90 Å². The Balaban J connectivity index is 1.81.